The molecule has 0 aliphatic rings. The lowest BCUT2D eigenvalue weighted by Gasteiger charge is -2.10. The fourth-order valence-electron chi connectivity index (χ4n) is 2.58. The van der Waals surface area contributed by atoms with Crippen LogP contribution in [0.25, 0.3) is 16.6 Å². The summed E-state index contributed by atoms with van der Waals surface area (Å²) >= 11 is 0. The van der Waals surface area contributed by atoms with Crippen LogP contribution in [-0.2, 0) is 0 Å². The Morgan fingerprint density at radius 3 is 2.50 bits per heavy atom. The predicted molar refractivity (Wildman–Crippen MR) is 86.9 cm³/mol. The van der Waals surface area contributed by atoms with Gasteiger partial charge >= 0.3 is 0 Å². The Kier molecular flexibility index (Phi) is 3.48. The molecule has 3 rings (SSSR count). The van der Waals surface area contributed by atoms with Crippen LogP contribution < -0.4 is 10.3 Å². The van der Waals surface area contributed by atoms with Crippen molar-refractivity contribution < 1.29 is 4.74 Å². The second-order valence-electron chi connectivity index (χ2n) is 5.70. The molecule has 0 amide bonds. The summed E-state index contributed by atoms with van der Waals surface area (Å²) in [7, 11) is 0. The first-order chi connectivity index (χ1) is 10.5. The van der Waals surface area contributed by atoms with E-state index in [0.29, 0.717) is 5.39 Å². The molecule has 0 saturated heterocycles. The van der Waals surface area contributed by atoms with Crippen LogP contribution in [0.5, 0.6) is 5.75 Å². The van der Waals surface area contributed by atoms with E-state index < -0.39 is 0 Å². The van der Waals surface area contributed by atoms with Gasteiger partial charge in [-0.3, -0.25) is 4.79 Å². The quantitative estimate of drug-likeness (QED) is 0.808. The van der Waals surface area contributed by atoms with E-state index >= 15 is 0 Å². The number of aromatic nitrogens is 3. The van der Waals surface area contributed by atoms with E-state index in [-0.39, 0.29) is 11.7 Å². The van der Waals surface area contributed by atoms with E-state index in [1.54, 1.807) is 4.68 Å². The molecule has 0 bridgehead atoms. The number of ether oxygens (including phenoxy) is 1. The van der Waals surface area contributed by atoms with Crippen LogP contribution in [-0.4, -0.2) is 20.9 Å². The number of aromatic amines is 1. The van der Waals surface area contributed by atoms with Gasteiger partial charge < -0.3 is 9.72 Å². The number of H-pyrrole nitrogens is 1. The van der Waals surface area contributed by atoms with E-state index in [2.05, 4.69) is 10.1 Å². The zero-order valence-corrected chi connectivity index (χ0v) is 13.2. The van der Waals surface area contributed by atoms with Crippen LogP contribution in [0.3, 0.4) is 0 Å². The van der Waals surface area contributed by atoms with Gasteiger partial charge in [-0.1, -0.05) is 0 Å². The molecule has 0 spiro atoms. The SMILES string of the molecule is Cc1cc2c(c(C)nn2-c2ccc(OC(C)C)cc2)c(=O)[nH]1. The smallest absolute Gasteiger partial charge is 0.259 e. The molecule has 1 aromatic carbocycles. The second-order valence-corrected chi connectivity index (χ2v) is 5.70. The number of hydrogen-bond acceptors (Lipinski definition) is 3. The highest BCUT2D eigenvalue weighted by Crippen LogP contribution is 2.21. The van der Waals surface area contributed by atoms with Gasteiger partial charge in [0.1, 0.15) is 5.75 Å². The fourth-order valence-corrected chi connectivity index (χ4v) is 2.58. The molecule has 0 fully saturated rings. The van der Waals surface area contributed by atoms with Gasteiger partial charge in [0, 0.05) is 5.69 Å². The maximum absolute atomic E-state index is 12.1. The number of aryl methyl sites for hydroxylation is 2. The molecule has 0 aliphatic heterocycles. The molecule has 0 saturated carbocycles. The number of benzene rings is 1. The van der Waals surface area contributed by atoms with Crippen LogP contribution in [0.1, 0.15) is 25.2 Å². The molecule has 3 aromatic rings. The predicted octanol–water partition coefficient (Wildman–Crippen LogP) is 3.12. The standard InChI is InChI=1S/C17H19N3O2/c1-10(2)22-14-7-5-13(6-8-14)20-15-9-11(3)18-17(21)16(15)12(4)19-20/h5-10H,1-4H3,(H,18,21). The van der Waals surface area contributed by atoms with E-state index in [4.69, 9.17) is 4.74 Å². The summed E-state index contributed by atoms with van der Waals surface area (Å²) in [5.74, 6) is 0.820. The van der Waals surface area contributed by atoms with E-state index in [1.165, 1.54) is 0 Å². The summed E-state index contributed by atoms with van der Waals surface area (Å²) in [6.45, 7) is 7.70. The molecule has 0 radical (unpaired) electrons. The molecule has 5 heteroatoms. The van der Waals surface area contributed by atoms with Gasteiger partial charge in [0.05, 0.1) is 28.4 Å². The first kappa shape index (κ1) is 14.4. The Morgan fingerprint density at radius 2 is 1.86 bits per heavy atom. The molecular weight excluding hydrogens is 278 g/mol. The Bertz CT molecular complexity index is 873. The minimum atomic E-state index is -0.0986. The third kappa shape index (κ3) is 2.50. The van der Waals surface area contributed by atoms with Crippen molar-refractivity contribution in [3.8, 4) is 11.4 Å². The Hall–Kier alpha value is -2.56. The molecule has 2 heterocycles. The molecule has 22 heavy (non-hydrogen) atoms. The van der Waals surface area contributed by atoms with Gasteiger partial charge in [0.15, 0.2) is 0 Å². The average Bonchev–Trinajstić information content (AvgIpc) is 2.76. The molecule has 5 nitrogen and oxygen atoms in total. The topological polar surface area (TPSA) is 59.9 Å². The summed E-state index contributed by atoms with van der Waals surface area (Å²) in [5.41, 5.74) is 3.16. The van der Waals surface area contributed by atoms with Gasteiger partial charge in [-0.2, -0.15) is 5.10 Å². The maximum atomic E-state index is 12.1. The van der Waals surface area contributed by atoms with Gasteiger partial charge in [-0.15, -0.1) is 0 Å². The van der Waals surface area contributed by atoms with Crippen molar-refractivity contribution in [1.82, 2.24) is 14.8 Å². The molecule has 2 aromatic heterocycles. The van der Waals surface area contributed by atoms with Crippen LogP contribution in [0.2, 0.25) is 0 Å². The molecule has 0 unspecified atom stereocenters. The third-order valence-electron chi connectivity index (χ3n) is 3.44. The first-order valence-electron chi connectivity index (χ1n) is 7.32. The molecule has 0 aliphatic carbocycles. The maximum Gasteiger partial charge on any atom is 0.259 e. The number of pyridine rings is 1. The second kappa shape index (κ2) is 5.33. The van der Waals surface area contributed by atoms with Gasteiger partial charge in [0.25, 0.3) is 5.56 Å². The summed E-state index contributed by atoms with van der Waals surface area (Å²) in [5, 5.41) is 5.14. The van der Waals surface area contributed by atoms with Crippen molar-refractivity contribution in [1.29, 1.82) is 0 Å². The van der Waals surface area contributed by atoms with Crippen molar-refractivity contribution in [3.63, 3.8) is 0 Å². The normalized spacial score (nSPS) is 11.3. The molecule has 1 N–H and O–H groups in total. The van der Waals surface area contributed by atoms with Crippen molar-refractivity contribution in [2.75, 3.05) is 0 Å². The van der Waals surface area contributed by atoms with Crippen molar-refractivity contribution in [2.45, 2.75) is 33.8 Å². The first-order valence-corrected chi connectivity index (χ1v) is 7.32. The highest BCUT2D eigenvalue weighted by atomic mass is 16.5. The Morgan fingerprint density at radius 1 is 1.18 bits per heavy atom. The van der Waals surface area contributed by atoms with Gasteiger partial charge in [-0.05, 0) is 58.0 Å². The van der Waals surface area contributed by atoms with Crippen molar-refractivity contribution in [3.05, 3.63) is 52.1 Å². The van der Waals surface area contributed by atoms with Crippen LogP contribution in [0.4, 0.5) is 0 Å². The Labute approximate surface area is 128 Å². The molecular formula is C17H19N3O2. The van der Waals surface area contributed by atoms with Crippen molar-refractivity contribution in [2.24, 2.45) is 0 Å². The minimum Gasteiger partial charge on any atom is -0.491 e. The monoisotopic (exact) mass is 297 g/mol. The van der Waals surface area contributed by atoms with E-state index in [0.717, 1.165) is 28.3 Å². The summed E-state index contributed by atoms with van der Waals surface area (Å²) in [6, 6.07) is 9.66. The lowest BCUT2D eigenvalue weighted by atomic mass is 10.2. The summed E-state index contributed by atoms with van der Waals surface area (Å²) in [6.07, 6.45) is 0.139. The zero-order chi connectivity index (χ0) is 15.9. The third-order valence-corrected chi connectivity index (χ3v) is 3.44. The highest BCUT2D eigenvalue weighted by molar-refractivity contribution is 5.82. The Balaban J connectivity index is 2.12. The lowest BCUT2D eigenvalue weighted by Crippen LogP contribution is -2.08. The highest BCUT2D eigenvalue weighted by Gasteiger charge is 2.13. The number of rotatable bonds is 3. The number of hydrogen-bond donors (Lipinski definition) is 1. The molecule has 0 atom stereocenters. The van der Waals surface area contributed by atoms with Crippen LogP contribution in [0.15, 0.2) is 35.1 Å². The lowest BCUT2D eigenvalue weighted by molar-refractivity contribution is 0.242. The summed E-state index contributed by atoms with van der Waals surface area (Å²) in [4.78, 5) is 14.9. The van der Waals surface area contributed by atoms with Gasteiger partial charge in [0.2, 0.25) is 0 Å². The van der Waals surface area contributed by atoms with Crippen LogP contribution >= 0.6 is 0 Å². The number of fused-ring (bicyclic) bond motifs is 1. The van der Waals surface area contributed by atoms with Crippen LogP contribution in [0, 0.1) is 13.8 Å². The fraction of sp³-hybridized carbons (Fsp3) is 0.294. The minimum absolute atomic E-state index is 0.0986. The van der Waals surface area contributed by atoms with Crippen molar-refractivity contribution >= 4 is 10.9 Å². The average molecular weight is 297 g/mol. The molecule has 114 valence electrons. The largest absolute Gasteiger partial charge is 0.491 e. The van der Waals surface area contributed by atoms with E-state index in [1.807, 2.05) is 58.0 Å². The number of nitrogens with zero attached hydrogens (tertiary/aromatic N) is 2. The van der Waals surface area contributed by atoms with Gasteiger partial charge in [-0.25, -0.2) is 4.68 Å². The van der Waals surface area contributed by atoms with E-state index in [9.17, 15) is 4.79 Å². The zero-order valence-electron chi connectivity index (χ0n) is 13.2. The number of nitrogens with one attached hydrogen (secondary N) is 1. The summed E-state index contributed by atoms with van der Waals surface area (Å²) < 4.78 is 7.45.